The van der Waals surface area contributed by atoms with Crippen LogP contribution in [0.3, 0.4) is 0 Å². The third-order valence-corrected chi connectivity index (χ3v) is 5.41. The van der Waals surface area contributed by atoms with Crippen LogP contribution >= 0.6 is 0 Å². The third kappa shape index (κ3) is 3.98. The van der Waals surface area contributed by atoms with Crippen molar-refractivity contribution in [1.29, 1.82) is 0 Å². The van der Waals surface area contributed by atoms with E-state index < -0.39 is 0 Å². The van der Waals surface area contributed by atoms with Crippen molar-refractivity contribution in [3.8, 4) is 0 Å². The number of likely N-dealkylation sites (N-methyl/N-ethyl adjacent to an activating group) is 1. The highest BCUT2D eigenvalue weighted by Crippen LogP contribution is 2.23. The zero-order valence-electron chi connectivity index (χ0n) is 16.1. The van der Waals surface area contributed by atoms with Gasteiger partial charge in [0.2, 0.25) is 5.95 Å². The van der Waals surface area contributed by atoms with Crippen LogP contribution in [0.15, 0.2) is 30.3 Å². The van der Waals surface area contributed by atoms with Crippen LogP contribution in [0.4, 0.5) is 21.8 Å². The molecule has 0 aliphatic carbocycles. The van der Waals surface area contributed by atoms with Crippen molar-refractivity contribution < 1.29 is 4.39 Å². The topological polar surface area (TPSA) is 38.7 Å². The Morgan fingerprint density at radius 3 is 2.15 bits per heavy atom. The SMILES string of the molecule is Cc1cc(N2CCN(c3ccccc3F)CC2)nc(N2CCN(C)CC2)n1. The van der Waals surface area contributed by atoms with Gasteiger partial charge in [0.1, 0.15) is 11.6 Å². The number of aryl methyl sites for hydroxylation is 1. The van der Waals surface area contributed by atoms with Crippen LogP contribution in [0.25, 0.3) is 0 Å². The van der Waals surface area contributed by atoms with E-state index in [-0.39, 0.29) is 5.82 Å². The monoisotopic (exact) mass is 370 g/mol. The molecule has 0 N–H and O–H groups in total. The lowest BCUT2D eigenvalue weighted by Crippen LogP contribution is -2.47. The van der Waals surface area contributed by atoms with Gasteiger partial charge in [0.15, 0.2) is 0 Å². The van der Waals surface area contributed by atoms with Crippen molar-refractivity contribution in [3.63, 3.8) is 0 Å². The van der Waals surface area contributed by atoms with Gasteiger partial charge in [0, 0.05) is 64.1 Å². The quantitative estimate of drug-likeness (QED) is 0.823. The molecule has 0 saturated carbocycles. The fourth-order valence-electron chi connectivity index (χ4n) is 3.73. The lowest BCUT2D eigenvalue weighted by Gasteiger charge is -2.37. The van der Waals surface area contributed by atoms with E-state index in [2.05, 4.69) is 37.7 Å². The van der Waals surface area contributed by atoms with E-state index in [1.165, 1.54) is 6.07 Å². The van der Waals surface area contributed by atoms with Crippen LogP contribution in [0, 0.1) is 12.7 Å². The van der Waals surface area contributed by atoms with E-state index in [0.717, 1.165) is 69.8 Å². The standard InChI is InChI=1S/C20H27FN6/c1-16-15-19(23-20(22-16)27-9-7-24(2)8-10-27)26-13-11-25(12-14-26)18-6-4-3-5-17(18)21/h3-6,15H,7-14H2,1-2H3. The van der Waals surface area contributed by atoms with Gasteiger partial charge in [-0.1, -0.05) is 12.1 Å². The maximum atomic E-state index is 14.0. The van der Waals surface area contributed by atoms with E-state index in [0.29, 0.717) is 5.69 Å². The second kappa shape index (κ2) is 7.68. The summed E-state index contributed by atoms with van der Waals surface area (Å²) in [4.78, 5) is 18.5. The molecule has 144 valence electrons. The van der Waals surface area contributed by atoms with Crippen LogP contribution in [0.1, 0.15) is 5.69 Å². The van der Waals surface area contributed by atoms with Gasteiger partial charge in [-0.05, 0) is 26.1 Å². The fraction of sp³-hybridized carbons (Fsp3) is 0.500. The first-order chi connectivity index (χ1) is 13.1. The fourth-order valence-corrected chi connectivity index (χ4v) is 3.73. The number of anilines is 3. The highest BCUT2D eigenvalue weighted by atomic mass is 19.1. The Hall–Kier alpha value is -2.41. The predicted molar refractivity (Wildman–Crippen MR) is 107 cm³/mol. The third-order valence-electron chi connectivity index (χ3n) is 5.41. The molecule has 0 unspecified atom stereocenters. The molecule has 4 rings (SSSR count). The zero-order chi connectivity index (χ0) is 18.8. The van der Waals surface area contributed by atoms with Gasteiger partial charge in [-0.25, -0.2) is 9.37 Å². The molecule has 1 aromatic carbocycles. The minimum atomic E-state index is -0.152. The maximum Gasteiger partial charge on any atom is 0.227 e. The molecule has 2 aliphatic heterocycles. The van der Waals surface area contributed by atoms with Crippen molar-refractivity contribution in [2.24, 2.45) is 0 Å². The number of benzene rings is 1. The summed E-state index contributed by atoms with van der Waals surface area (Å²) in [6, 6.07) is 9.06. The minimum absolute atomic E-state index is 0.152. The predicted octanol–water partition coefficient (Wildman–Crippen LogP) is 2.00. The van der Waals surface area contributed by atoms with E-state index in [1.807, 2.05) is 19.1 Å². The number of piperazine rings is 2. The van der Waals surface area contributed by atoms with Gasteiger partial charge in [-0.15, -0.1) is 0 Å². The number of nitrogens with zero attached hydrogens (tertiary/aromatic N) is 6. The largest absolute Gasteiger partial charge is 0.366 e. The Labute approximate surface area is 160 Å². The summed E-state index contributed by atoms with van der Waals surface area (Å²) in [5.74, 6) is 1.65. The summed E-state index contributed by atoms with van der Waals surface area (Å²) >= 11 is 0. The molecular formula is C20H27FN6. The highest BCUT2D eigenvalue weighted by Gasteiger charge is 2.22. The van der Waals surface area contributed by atoms with E-state index in [9.17, 15) is 4.39 Å². The van der Waals surface area contributed by atoms with E-state index >= 15 is 0 Å². The molecule has 3 heterocycles. The van der Waals surface area contributed by atoms with Gasteiger partial charge in [0.25, 0.3) is 0 Å². The Morgan fingerprint density at radius 1 is 0.815 bits per heavy atom. The van der Waals surface area contributed by atoms with E-state index in [4.69, 9.17) is 4.98 Å². The molecule has 0 amide bonds. The van der Waals surface area contributed by atoms with Crippen molar-refractivity contribution >= 4 is 17.5 Å². The number of halogens is 1. The number of hydrogen-bond donors (Lipinski definition) is 0. The molecule has 0 radical (unpaired) electrons. The Morgan fingerprint density at radius 2 is 1.44 bits per heavy atom. The molecule has 1 aromatic heterocycles. The first kappa shape index (κ1) is 18.0. The Balaban J connectivity index is 1.46. The molecule has 0 atom stereocenters. The van der Waals surface area contributed by atoms with Crippen molar-refractivity contribution in [1.82, 2.24) is 14.9 Å². The van der Waals surface area contributed by atoms with Crippen molar-refractivity contribution in [2.75, 3.05) is 74.1 Å². The zero-order valence-corrected chi connectivity index (χ0v) is 16.1. The van der Waals surface area contributed by atoms with Crippen molar-refractivity contribution in [2.45, 2.75) is 6.92 Å². The van der Waals surface area contributed by atoms with Gasteiger partial charge < -0.3 is 19.6 Å². The minimum Gasteiger partial charge on any atom is -0.366 e. The molecule has 6 nitrogen and oxygen atoms in total. The molecule has 2 saturated heterocycles. The van der Waals surface area contributed by atoms with Crippen LogP contribution in [-0.4, -0.2) is 74.3 Å². The second-order valence-electron chi connectivity index (χ2n) is 7.38. The summed E-state index contributed by atoms with van der Waals surface area (Å²) in [6.45, 7) is 9.24. The Bertz CT molecular complexity index is 782. The summed E-state index contributed by atoms with van der Waals surface area (Å²) < 4.78 is 14.0. The summed E-state index contributed by atoms with van der Waals surface area (Å²) in [5, 5.41) is 0. The lowest BCUT2D eigenvalue weighted by molar-refractivity contribution is 0.311. The average Bonchev–Trinajstić information content (AvgIpc) is 2.69. The van der Waals surface area contributed by atoms with Gasteiger partial charge in [-0.3, -0.25) is 0 Å². The first-order valence-electron chi connectivity index (χ1n) is 9.64. The van der Waals surface area contributed by atoms with Crippen LogP contribution in [-0.2, 0) is 0 Å². The van der Waals surface area contributed by atoms with E-state index in [1.54, 1.807) is 6.07 Å². The normalized spacial score (nSPS) is 18.9. The number of para-hydroxylation sites is 1. The Kier molecular flexibility index (Phi) is 5.11. The molecule has 2 fully saturated rings. The van der Waals surface area contributed by atoms with Crippen LogP contribution < -0.4 is 14.7 Å². The summed E-state index contributed by atoms with van der Waals surface area (Å²) in [6.07, 6.45) is 0. The molecule has 0 bridgehead atoms. The van der Waals surface area contributed by atoms with Crippen molar-refractivity contribution in [3.05, 3.63) is 41.8 Å². The summed E-state index contributed by atoms with van der Waals surface area (Å²) in [5.41, 5.74) is 1.68. The van der Waals surface area contributed by atoms with Crippen LogP contribution in [0.2, 0.25) is 0 Å². The number of hydrogen-bond acceptors (Lipinski definition) is 6. The molecule has 27 heavy (non-hydrogen) atoms. The molecule has 0 spiro atoms. The van der Waals surface area contributed by atoms with Gasteiger partial charge in [0.05, 0.1) is 5.69 Å². The van der Waals surface area contributed by atoms with Gasteiger partial charge >= 0.3 is 0 Å². The highest BCUT2D eigenvalue weighted by molar-refractivity contribution is 5.52. The average molecular weight is 370 g/mol. The van der Waals surface area contributed by atoms with Crippen LogP contribution in [0.5, 0.6) is 0 Å². The summed E-state index contributed by atoms with van der Waals surface area (Å²) in [7, 11) is 2.15. The molecular weight excluding hydrogens is 343 g/mol. The second-order valence-corrected chi connectivity index (χ2v) is 7.38. The molecule has 2 aromatic rings. The molecule has 2 aliphatic rings. The number of aromatic nitrogens is 2. The first-order valence-corrected chi connectivity index (χ1v) is 9.64. The molecule has 7 heteroatoms. The maximum absolute atomic E-state index is 14.0. The van der Waals surface area contributed by atoms with Gasteiger partial charge in [-0.2, -0.15) is 4.98 Å². The smallest absolute Gasteiger partial charge is 0.227 e. The number of rotatable bonds is 3. The lowest BCUT2D eigenvalue weighted by atomic mass is 10.2.